The molecule has 0 bridgehead atoms. The molecule has 0 heterocycles. The lowest BCUT2D eigenvalue weighted by Crippen LogP contribution is -2.34. The molecule has 0 radical (unpaired) electrons. The fourth-order valence-corrected chi connectivity index (χ4v) is 2.73. The molecule has 0 saturated heterocycles. The van der Waals surface area contributed by atoms with Crippen LogP contribution in [0.4, 0.5) is 0 Å². The van der Waals surface area contributed by atoms with E-state index in [2.05, 4.69) is 0 Å². The van der Waals surface area contributed by atoms with Crippen molar-refractivity contribution in [2.75, 3.05) is 33.1 Å². The highest BCUT2D eigenvalue weighted by Crippen LogP contribution is 2.22. The second-order valence-corrected chi connectivity index (χ2v) is 5.58. The maximum absolute atomic E-state index is 12.0. The van der Waals surface area contributed by atoms with Crippen LogP contribution in [0.1, 0.15) is 13.8 Å². The molecule has 1 aromatic carbocycles. The van der Waals surface area contributed by atoms with Gasteiger partial charge in [-0.2, -0.15) is 0 Å². The van der Waals surface area contributed by atoms with Gasteiger partial charge in [0.05, 0.1) is 20.0 Å². The number of amides is 1. The molecule has 6 nitrogen and oxygen atoms in total. The highest BCUT2D eigenvalue weighted by molar-refractivity contribution is 8.01. The number of benzene rings is 1. The fourth-order valence-electron chi connectivity index (χ4n) is 1.84. The van der Waals surface area contributed by atoms with Gasteiger partial charge in [-0.1, -0.05) is 11.8 Å². The van der Waals surface area contributed by atoms with E-state index in [0.29, 0.717) is 24.6 Å². The van der Waals surface area contributed by atoms with Gasteiger partial charge in [0.25, 0.3) is 0 Å². The van der Waals surface area contributed by atoms with Gasteiger partial charge in [0.15, 0.2) is 0 Å². The molecule has 0 aliphatic heterocycles. The molecular weight excluding hydrogens is 318 g/mol. The highest BCUT2D eigenvalue weighted by Gasteiger charge is 2.24. The smallest absolute Gasteiger partial charge is 0.357 e. The summed E-state index contributed by atoms with van der Waals surface area (Å²) in [5.41, 5.74) is -0.895. The van der Waals surface area contributed by atoms with E-state index >= 15 is 0 Å². The van der Waals surface area contributed by atoms with Gasteiger partial charge in [-0.15, -0.1) is 0 Å². The minimum atomic E-state index is -0.895. The standard InChI is InChI=1S/C16H23NO5S/c1-5-17(6-2)14(18)11-23-16(15(19)21-4)22-13-9-7-12(20-3)8-10-13/h7-10,16H,5-6,11H2,1-4H3. The van der Waals surface area contributed by atoms with Crippen molar-refractivity contribution in [1.82, 2.24) is 4.90 Å². The topological polar surface area (TPSA) is 65.1 Å². The first-order valence-electron chi connectivity index (χ1n) is 7.33. The van der Waals surface area contributed by atoms with E-state index in [1.165, 1.54) is 7.11 Å². The molecule has 0 aliphatic rings. The van der Waals surface area contributed by atoms with Crippen LogP contribution in [0.5, 0.6) is 11.5 Å². The molecule has 0 aliphatic carbocycles. The van der Waals surface area contributed by atoms with Crippen molar-refractivity contribution in [3.05, 3.63) is 24.3 Å². The average molecular weight is 341 g/mol. The van der Waals surface area contributed by atoms with Gasteiger partial charge in [-0.25, -0.2) is 4.79 Å². The van der Waals surface area contributed by atoms with Crippen molar-refractivity contribution < 1.29 is 23.8 Å². The van der Waals surface area contributed by atoms with Crippen LogP contribution in [0.15, 0.2) is 24.3 Å². The number of esters is 1. The summed E-state index contributed by atoms with van der Waals surface area (Å²) in [5.74, 6) is 0.781. The second-order valence-electron chi connectivity index (χ2n) is 4.53. The summed E-state index contributed by atoms with van der Waals surface area (Å²) in [6.45, 7) is 5.10. The van der Waals surface area contributed by atoms with Crippen LogP contribution < -0.4 is 9.47 Å². The lowest BCUT2D eigenvalue weighted by atomic mass is 10.3. The third-order valence-electron chi connectivity index (χ3n) is 3.17. The van der Waals surface area contributed by atoms with Crippen molar-refractivity contribution in [2.24, 2.45) is 0 Å². The van der Waals surface area contributed by atoms with Crippen LogP contribution in [-0.4, -0.2) is 55.3 Å². The molecule has 1 atom stereocenters. The fraction of sp³-hybridized carbons (Fsp3) is 0.500. The molecule has 128 valence electrons. The van der Waals surface area contributed by atoms with Crippen LogP contribution in [0.3, 0.4) is 0 Å². The minimum Gasteiger partial charge on any atom is -0.497 e. The predicted octanol–water partition coefficient (Wildman–Crippen LogP) is 2.17. The van der Waals surface area contributed by atoms with Crippen molar-refractivity contribution in [1.29, 1.82) is 0 Å². The van der Waals surface area contributed by atoms with Gasteiger partial charge in [-0.05, 0) is 38.1 Å². The summed E-state index contributed by atoms with van der Waals surface area (Å²) in [6, 6.07) is 6.86. The number of methoxy groups -OCH3 is 2. The van der Waals surface area contributed by atoms with E-state index in [9.17, 15) is 9.59 Å². The Morgan fingerprint density at radius 3 is 2.13 bits per heavy atom. The van der Waals surface area contributed by atoms with E-state index in [1.807, 2.05) is 13.8 Å². The predicted molar refractivity (Wildman–Crippen MR) is 89.8 cm³/mol. The molecule has 23 heavy (non-hydrogen) atoms. The lowest BCUT2D eigenvalue weighted by Gasteiger charge is -2.20. The first-order chi connectivity index (χ1) is 11.0. The van der Waals surface area contributed by atoms with Gasteiger partial charge in [-0.3, -0.25) is 4.79 Å². The van der Waals surface area contributed by atoms with Crippen LogP contribution >= 0.6 is 11.8 Å². The lowest BCUT2D eigenvalue weighted by molar-refractivity contribution is -0.144. The third-order valence-corrected chi connectivity index (χ3v) is 4.18. The van der Waals surface area contributed by atoms with Gasteiger partial charge in [0, 0.05) is 13.1 Å². The molecule has 0 N–H and O–H groups in total. The number of rotatable bonds is 9. The van der Waals surface area contributed by atoms with Gasteiger partial charge < -0.3 is 19.1 Å². The van der Waals surface area contributed by atoms with Crippen LogP contribution in [0, 0.1) is 0 Å². The molecular formula is C16H23NO5S. The van der Waals surface area contributed by atoms with E-state index in [-0.39, 0.29) is 11.7 Å². The monoisotopic (exact) mass is 341 g/mol. The summed E-state index contributed by atoms with van der Waals surface area (Å²) in [5, 5.41) is 0. The average Bonchev–Trinajstić information content (AvgIpc) is 2.59. The van der Waals surface area contributed by atoms with Crippen LogP contribution in [-0.2, 0) is 14.3 Å². The number of nitrogens with zero attached hydrogens (tertiary/aromatic N) is 1. The number of carbonyl (C=O) groups excluding carboxylic acids is 2. The Balaban J connectivity index is 2.68. The molecule has 1 amide bonds. The Labute approximate surface area is 141 Å². The SMILES string of the molecule is CCN(CC)C(=O)CSC(Oc1ccc(OC)cc1)C(=O)OC. The number of carbonyl (C=O) groups is 2. The van der Waals surface area contributed by atoms with Crippen LogP contribution in [0.2, 0.25) is 0 Å². The maximum Gasteiger partial charge on any atom is 0.357 e. The molecule has 7 heteroatoms. The van der Waals surface area contributed by atoms with Crippen molar-refractivity contribution in [3.8, 4) is 11.5 Å². The highest BCUT2D eigenvalue weighted by atomic mass is 32.2. The van der Waals surface area contributed by atoms with Gasteiger partial charge in [0.1, 0.15) is 11.5 Å². The van der Waals surface area contributed by atoms with E-state index < -0.39 is 11.4 Å². The quantitative estimate of drug-likeness (QED) is 0.507. The summed E-state index contributed by atoms with van der Waals surface area (Å²) in [7, 11) is 2.86. The van der Waals surface area contributed by atoms with E-state index in [1.54, 1.807) is 36.3 Å². The number of thioether (sulfide) groups is 1. The zero-order valence-corrected chi connectivity index (χ0v) is 14.7. The summed E-state index contributed by atoms with van der Waals surface area (Å²) in [4.78, 5) is 25.6. The number of hydrogen-bond acceptors (Lipinski definition) is 6. The minimum absolute atomic E-state index is 0.0350. The van der Waals surface area contributed by atoms with Crippen molar-refractivity contribution >= 4 is 23.6 Å². The Bertz CT molecular complexity index is 502. The van der Waals surface area contributed by atoms with E-state index in [4.69, 9.17) is 14.2 Å². The Kier molecular flexibility index (Phi) is 8.32. The van der Waals surface area contributed by atoms with Gasteiger partial charge >= 0.3 is 5.97 Å². The third kappa shape index (κ3) is 6.02. The number of hydrogen-bond donors (Lipinski definition) is 0. The Morgan fingerprint density at radius 1 is 1.09 bits per heavy atom. The zero-order valence-electron chi connectivity index (χ0n) is 13.9. The molecule has 0 spiro atoms. The largest absolute Gasteiger partial charge is 0.497 e. The summed E-state index contributed by atoms with van der Waals surface area (Å²) < 4.78 is 15.4. The Hall–Kier alpha value is -1.89. The second kappa shape index (κ2) is 9.99. The molecule has 0 saturated carbocycles. The van der Waals surface area contributed by atoms with Crippen LogP contribution in [0.25, 0.3) is 0 Å². The summed E-state index contributed by atoms with van der Waals surface area (Å²) >= 11 is 1.11. The molecule has 1 unspecified atom stereocenters. The first-order valence-corrected chi connectivity index (χ1v) is 8.38. The molecule has 0 fully saturated rings. The Morgan fingerprint density at radius 2 is 1.65 bits per heavy atom. The van der Waals surface area contributed by atoms with E-state index in [0.717, 1.165) is 11.8 Å². The molecule has 1 aromatic rings. The number of ether oxygens (including phenoxy) is 3. The van der Waals surface area contributed by atoms with Gasteiger partial charge in [0.2, 0.25) is 11.3 Å². The van der Waals surface area contributed by atoms with Crippen molar-refractivity contribution in [3.63, 3.8) is 0 Å². The maximum atomic E-state index is 12.0. The molecule has 0 aromatic heterocycles. The summed E-state index contributed by atoms with van der Waals surface area (Å²) in [6.07, 6.45) is 0. The first kappa shape index (κ1) is 19.2. The zero-order chi connectivity index (χ0) is 17.2. The molecule has 1 rings (SSSR count). The normalized spacial score (nSPS) is 11.5. The van der Waals surface area contributed by atoms with Crippen molar-refractivity contribution in [2.45, 2.75) is 19.3 Å².